The Morgan fingerprint density at radius 1 is 1.27 bits per heavy atom. The van der Waals surface area contributed by atoms with Gasteiger partial charge in [-0.2, -0.15) is 0 Å². The predicted molar refractivity (Wildman–Crippen MR) is 113 cm³/mol. The lowest BCUT2D eigenvalue weighted by molar-refractivity contribution is -0.0415. The minimum Gasteiger partial charge on any atom is -0.447 e. The van der Waals surface area contributed by atoms with E-state index < -0.39 is 0 Å². The van der Waals surface area contributed by atoms with Gasteiger partial charge in [0.15, 0.2) is 16.1 Å². The van der Waals surface area contributed by atoms with Crippen LogP contribution in [0.25, 0.3) is 0 Å². The SMILES string of the molecule is CC(C)OC(=O)N1CCC(ONC2=CCN(c3nc(Cl)c(CO)nc3Cl)CC2)CC1. The maximum absolute atomic E-state index is 11.9. The third-order valence-electron chi connectivity index (χ3n) is 4.91. The maximum atomic E-state index is 11.9. The van der Waals surface area contributed by atoms with Gasteiger partial charge in [0.05, 0.1) is 18.8 Å². The Morgan fingerprint density at radius 3 is 2.60 bits per heavy atom. The van der Waals surface area contributed by atoms with Crippen molar-refractivity contribution in [1.82, 2.24) is 20.3 Å². The van der Waals surface area contributed by atoms with Gasteiger partial charge in [0.1, 0.15) is 5.69 Å². The van der Waals surface area contributed by atoms with Crippen molar-refractivity contribution in [2.75, 3.05) is 31.1 Å². The molecule has 0 bridgehead atoms. The van der Waals surface area contributed by atoms with Crippen molar-refractivity contribution in [2.24, 2.45) is 0 Å². The van der Waals surface area contributed by atoms with Crippen molar-refractivity contribution in [3.63, 3.8) is 0 Å². The average Bonchev–Trinajstić information content (AvgIpc) is 2.74. The lowest BCUT2D eigenvalue weighted by atomic mass is 10.1. The first-order valence-electron chi connectivity index (χ1n) is 10.0. The van der Waals surface area contributed by atoms with E-state index in [1.165, 1.54) is 0 Å². The summed E-state index contributed by atoms with van der Waals surface area (Å²) in [6, 6.07) is 0. The lowest BCUT2D eigenvalue weighted by Crippen LogP contribution is -2.43. The van der Waals surface area contributed by atoms with Gasteiger partial charge >= 0.3 is 6.09 Å². The number of aliphatic hydroxyl groups is 1. The van der Waals surface area contributed by atoms with Gasteiger partial charge in [0, 0.05) is 38.3 Å². The number of carbonyl (C=O) groups excluding carboxylic acids is 1. The highest BCUT2D eigenvalue weighted by Gasteiger charge is 2.26. The molecule has 0 spiro atoms. The topological polar surface area (TPSA) is 100 Å². The van der Waals surface area contributed by atoms with Crippen LogP contribution in [0.4, 0.5) is 10.6 Å². The Kier molecular flexibility index (Phi) is 7.99. The molecule has 166 valence electrons. The molecule has 1 amide bonds. The fraction of sp³-hybridized carbons (Fsp3) is 0.632. The molecule has 0 saturated carbocycles. The van der Waals surface area contributed by atoms with Crippen LogP contribution in [-0.4, -0.2) is 64.5 Å². The summed E-state index contributed by atoms with van der Waals surface area (Å²) in [7, 11) is 0. The average molecular weight is 460 g/mol. The highest BCUT2D eigenvalue weighted by Crippen LogP contribution is 2.27. The van der Waals surface area contributed by atoms with Gasteiger partial charge in [-0.15, -0.1) is 0 Å². The smallest absolute Gasteiger partial charge is 0.410 e. The number of halogens is 2. The molecule has 0 aromatic carbocycles. The predicted octanol–water partition coefficient (Wildman–Crippen LogP) is 2.90. The number of aliphatic hydroxyl groups excluding tert-OH is 1. The number of anilines is 1. The molecular formula is C19H27Cl2N5O4. The molecule has 2 N–H and O–H groups in total. The number of hydrogen-bond donors (Lipinski definition) is 2. The number of aromatic nitrogens is 2. The number of hydrogen-bond acceptors (Lipinski definition) is 8. The van der Waals surface area contributed by atoms with Crippen LogP contribution in [0.1, 0.15) is 38.8 Å². The summed E-state index contributed by atoms with van der Waals surface area (Å²) in [5, 5.41) is 9.57. The van der Waals surface area contributed by atoms with Crippen LogP contribution in [0.2, 0.25) is 10.3 Å². The Bertz CT molecular complexity index is 784. The standard InChI is InChI=1S/C19H27Cl2N5O4/c1-12(2)29-19(28)26-9-5-14(6-10-26)30-24-13-3-7-25(8-4-13)18-17(21)22-15(11-27)16(20)23-18/h3,12,14,24,27H,4-11H2,1-2H3. The summed E-state index contributed by atoms with van der Waals surface area (Å²) >= 11 is 12.2. The van der Waals surface area contributed by atoms with Gasteiger partial charge < -0.3 is 19.6 Å². The number of nitrogens with zero attached hydrogens (tertiary/aromatic N) is 4. The van der Waals surface area contributed by atoms with Gasteiger partial charge in [-0.05, 0) is 32.8 Å². The van der Waals surface area contributed by atoms with Crippen molar-refractivity contribution in [3.05, 3.63) is 27.8 Å². The number of piperidine rings is 1. The Hall–Kier alpha value is -1.81. The lowest BCUT2D eigenvalue weighted by Gasteiger charge is -2.32. The van der Waals surface area contributed by atoms with E-state index >= 15 is 0 Å². The first-order valence-corrected chi connectivity index (χ1v) is 10.8. The second-order valence-corrected chi connectivity index (χ2v) is 8.21. The van der Waals surface area contributed by atoms with Crippen molar-refractivity contribution >= 4 is 35.1 Å². The fourth-order valence-corrected chi connectivity index (χ4v) is 3.71. The van der Waals surface area contributed by atoms with Crippen molar-refractivity contribution in [2.45, 2.75) is 51.9 Å². The van der Waals surface area contributed by atoms with Gasteiger partial charge in [0.25, 0.3) is 0 Å². The van der Waals surface area contributed by atoms with E-state index in [1.54, 1.807) is 4.90 Å². The number of likely N-dealkylation sites (tertiary alicyclic amines) is 1. The van der Waals surface area contributed by atoms with Crippen LogP contribution in [0, 0.1) is 0 Å². The zero-order valence-electron chi connectivity index (χ0n) is 17.1. The van der Waals surface area contributed by atoms with E-state index in [1.807, 2.05) is 24.8 Å². The van der Waals surface area contributed by atoms with Gasteiger partial charge in [-0.25, -0.2) is 14.8 Å². The molecule has 3 rings (SSSR count). The van der Waals surface area contributed by atoms with E-state index in [9.17, 15) is 9.90 Å². The molecule has 0 aliphatic carbocycles. The molecule has 1 saturated heterocycles. The molecule has 2 aliphatic rings. The molecule has 1 fully saturated rings. The third-order valence-corrected chi connectivity index (χ3v) is 5.47. The Morgan fingerprint density at radius 2 is 2.00 bits per heavy atom. The quantitative estimate of drug-likeness (QED) is 0.626. The van der Waals surface area contributed by atoms with E-state index in [0.717, 1.165) is 25.0 Å². The number of nitrogens with one attached hydrogen (secondary N) is 1. The Labute approximate surface area is 185 Å². The van der Waals surface area contributed by atoms with E-state index in [2.05, 4.69) is 15.4 Å². The van der Waals surface area contributed by atoms with Crippen LogP contribution in [0.15, 0.2) is 11.8 Å². The summed E-state index contributed by atoms with van der Waals surface area (Å²) in [6.07, 6.45) is 3.88. The molecule has 3 heterocycles. The molecule has 2 aliphatic heterocycles. The van der Waals surface area contributed by atoms with Gasteiger partial charge in [-0.3, -0.25) is 10.3 Å². The second-order valence-electron chi connectivity index (χ2n) is 7.50. The van der Waals surface area contributed by atoms with Crippen molar-refractivity contribution < 1.29 is 19.5 Å². The monoisotopic (exact) mass is 459 g/mol. The van der Waals surface area contributed by atoms with E-state index in [4.69, 9.17) is 32.8 Å². The normalized spacial score (nSPS) is 17.9. The van der Waals surface area contributed by atoms with Crippen LogP contribution in [-0.2, 0) is 16.2 Å². The molecule has 11 heteroatoms. The van der Waals surface area contributed by atoms with Gasteiger partial charge in [-0.1, -0.05) is 23.2 Å². The van der Waals surface area contributed by atoms with Crippen molar-refractivity contribution in [1.29, 1.82) is 0 Å². The minimum absolute atomic E-state index is 0.0390. The Balaban J connectivity index is 1.45. The number of carbonyl (C=O) groups is 1. The molecule has 1 aromatic rings. The summed E-state index contributed by atoms with van der Waals surface area (Å²) in [4.78, 5) is 29.8. The van der Waals surface area contributed by atoms with Crippen molar-refractivity contribution in [3.8, 4) is 0 Å². The highest BCUT2D eigenvalue weighted by atomic mass is 35.5. The maximum Gasteiger partial charge on any atom is 0.410 e. The summed E-state index contributed by atoms with van der Waals surface area (Å²) in [6.45, 7) is 5.86. The number of rotatable bonds is 6. The zero-order valence-corrected chi connectivity index (χ0v) is 18.6. The third kappa shape index (κ3) is 5.87. The summed E-state index contributed by atoms with van der Waals surface area (Å²) < 4.78 is 5.23. The first-order chi connectivity index (χ1) is 14.4. The summed E-state index contributed by atoms with van der Waals surface area (Å²) in [5.74, 6) is 0.496. The van der Waals surface area contributed by atoms with E-state index in [-0.39, 0.29) is 40.9 Å². The highest BCUT2D eigenvalue weighted by molar-refractivity contribution is 6.33. The molecule has 0 atom stereocenters. The summed E-state index contributed by atoms with van der Waals surface area (Å²) in [5.41, 5.74) is 4.30. The van der Waals surface area contributed by atoms with E-state index in [0.29, 0.717) is 32.0 Å². The molecule has 1 aromatic heterocycles. The van der Waals surface area contributed by atoms with Crippen LogP contribution < -0.4 is 10.4 Å². The second kappa shape index (κ2) is 10.5. The fourth-order valence-electron chi connectivity index (χ4n) is 3.27. The largest absolute Gasteiger partial charge is 0.447 e. The molecule has 0 unspecified atom stereocenters. The molecule has 30 heavy (non-hydrogen) atoms. The number of ether oxygens (including phenoxy) is 1. The number of hydroxylamine groups is 1. The van der Waals surface area contributed by atoms with Crippen LogP contribution in [0.5, 0.6) is 0 Å². The van der Waals surface area contributed by atoms with Crippen LogP contribution >= 0.6 is 23.2 Å². The van der Waals surface area contributed by atoms with Gasteiger partial charge in [0.2, 0.25) is 0 Å². The van der Waals surface area contributed by atoms with Crippen LogP contribution in [0.3, 0.4) is 0 Å². The minimum atomic E-state index is -0.311. The number of amides is 1. The zero-order chi connectivity index (χ0) is 21.7. The molecular weight excluding hydrogens is 433 g/mol. The molecule has 0 radical (unpaired) electrons. The molecule has 9 nitrogen and oxygen atoms in total. The first kappa shape index (κ1) is 22.9.